The van der Waals surface area contributed by atoms with E-state index in [-0.39, 0.29) is 11.3 Å². The van der Waals surface area contributed by atoms with Crippen molar-refractivity contribution in [3.05, 3.63) is 59.6 Å². The number of hydrogen-bond acceptors (Lipinski definition) is 6. The number of hydrogen-bond donors (Lipinski definition) is 1. The number of nitrogens with zero attached hydrogens (tertiary/aromatic N) is 4. The summed E-state index contributed by atoms with van der Waals surface area (Å²) in [6, 6.07) is 11.9. The third-order valence-corrected chi connectivity index (χ3v) is 5.12. The lowest BCUT2D eigenvalue weighted by Crippen LogP contribution is -2.09. The van der Waals surface area contributed by atoms with Crippen molar-refractivity contribution >= 4 is 28.3 Å². The minimum Gasteiger partial charge on any atom is -0.493 e. The van der Waals surface area contributed by atoms with Gasteiger partial charge in [0, 0.05) is 36.3 Å². The van der Waals surface area contributed by atoms with Gasteiger partial charge in [-0.1, -0.05) is 18.2 Å². The normalized spacial score (nSPS) is 12.0. The lowest BCUT2D eigenvalue weighted by molar-refractivity contribution is 0.356. The molecule has 7 nitrogen and oxygen atoms in total. The van der Waals surface area contributed by atoms with Crippen LogP contribution in [0.3, 0.4) is 0 Å². The van der Waals surface area contributed by atoms with Gasteiger partial charge in [-0.15, -0.1) is 0 Å². The zero-order valence-corrected chi connectivity index (χ0v) is 17.9. The third kappa shape index (κ3) is 3.89. The molecule has 0 saturated heterocycles. The van der Waals surface area contributed by atoms with E-state index in [0.717, 1.165) is 22.1 Å². The van der Waals surface area contributed by atoms with E-state index in [9.17, 15) is 0 Å². The zero-order chi connectivity index (χ0) is 21.3. The van der Waals surface area contributed by atoms with Crippen molar-refractivity contribution in [3.63, 3.8) is 0 Å². The second-order valence-corrected chi connectivity index (χ2v) is 7.30. The van der Waals surface area contributed by atoms with Gasteiger partial charge in [0.05, 0.1) is 25.9 Å². The van der Waals surface area contributed by atoms with Crippen LogP contribution in [0.4, 0.5) is 5.82 Å². The Labute approximate surface area is 179 Å². The molecule has 0 aliphatic heterocycles. The van der Waals surface area contributed by atoms with Gasteiger partial charge in [0.2, 0.25) is 5.28 Å². The maximum absolute atomic E-state index is 6.19. The van der Waals surface area contributed by atoms with E-state index in [1.165, 1.54) is 0 Å². The number of rotatable bonds is 6. The van der Waals surface area contributed by atoms with E-state index in [1.807, 2.05) is 31.6 Å². The fourth-order valence-corrected chi connectivity index (χ4v) is 3.56. The zero-order valence-electron chi connectivity index (χ0n) is 17.2. The molecule has 8 heteroatoms. The maximum Gasteiger partial charge on any atom is 0.224 e. The van der Waals surface area contributed by atoms with Gasteiger partial charge in [-0.25, -0.2) is 9.97 Å². The maximum atomic E-state index is 6.19. The monoisotopic (exact) mass is 423 g/mol. The van der Waals surface area contributed by atoms with Crippen molar-refractivity contribution in [2.24, 2.45) is 7.05 Å². The molecule has 0 spiro atoms. The predicted octanol–water partition coefficient (Wildman–Crippen LogP) is 4.87. The Morgan fingerprint density at radius 3 is 2.50 bits per heavy atom. The topological polar surface area (TPSA) is 74.1 Å². The summed E-state index contributed by atoms with van der Waals surface area (Å²) in [5.41, 5.74) is 3.95. The number of ether oxygens (including phenoxy) is 2. The van der Waals surface area contributed by atoms with E-state index in [1.54, 1.807) is 25.0 Å². The first-order valence-corrected chi connectivity index (χ1v) is 9.81. The summed E-state index contributed by atoms with van der Waals surface area (Å²) in [7, 11) is 5.09. The highest BCUT2D eigenvalue weighted by Crippen LogP contribution is 2.35. The number of aromatic nitrogens is 4. The number of benzene rings is 2. The highest BCUT2D eigenvalue weighted by atomic mass is 35.5. The van der Waals surface area contributed by atoms with Crippen LogP contribution >= 0.6 is 11.6 Å². The molecule has 0 unspecified atom stereocenters. The summed E-state index contributed by atoms with van der Waals surface area (Å²) in [5.74, 6) is 1.82. The Morgan fingerprint density at radius 1 is 1.03 bits per heavy atom. The van der Waals surface area contributed by atoms with Crippen LogP contribution < -0.4 is 14.8 Å². The van der Waals surface area contributed by atoms with E-state index in [2.05, 4.69) is 45.5 Å². The standard InChI is InChI=1S/C22H22ClN5O2/c1-13(14-6-5-7-15(8-14)16-11-24-28(2)12-16)25-21-17-9-19(29-3)20(30-4)10-18(17)26-22(23)27-21/h5-13H,1-4H3,(H,25,26,27)/t13-/m1/s1. The van der Waals surface area contributed by atoms with Crippen molar-refractivity contribution in [2.45, 2.75) is 13.0 Å². The average Bonchev–Trinajstić information content (AvgIpc) is 3.19. The van der Waals surface area contributed by atoms with Crippen molar-refractivity contribution in [2.75, 3.05) is 19.5 Å². The summed E-state index contributed by atoms with van der Waals surface area (Å²) in [6.45, 7) is 2.07. The first-order chi connectivity index (χ1) is 14.5. The van der Waals surface area contributed by atoms with E-state index >= 15 is 0 Å². The molecule has 0 aliphatic rings. The molecular formula is C22H22ClN5O2. The number of nitrogens with one attached hydrogen (secondary N) is 1. The molecule has 4 aromatic rings. The molecule has 0 aliphatic carbocycles. The molecule has 1 N–H and O–H groups in total. The molecule has 2 aromatic heterocycles. The van der Waals surface area contributed by atoms with E-state index in [0.29, 0.717) is 22.8 Å². The highest BCUT2D eigenvalue weighted by Gasteiger charge is 2.15. The lowest BCUT2D eigenvalue weighted by atomic mass is 10.0. The van der Waals surface area contributed by atoms with Crippen molar-refractivity contribution in [1.29, 1.82) is 0 Å². The summed E-state index contributed by atoms with van der Waals surface area (Å²) < 4.78 is 12.6. The molecule has 4 rings (SSSR count). The lowest BCUT2D eigenvalue weighted by Gasteiger charge is -2.18. The van der Waals surface area contributed by atoms with Gasteiger partial charge in [-0.2, -0.15) is 5.10 Å². The van der Waals surface area contributed by atoms with Crippen LogP contribution in [0.1, 0.15) is 18.5 Å². The van der Waals surface area contributed by atoms with Gasteiger partial charge in [0.25, 0.3) is 0 Å². The first kappa shape index (κ1) is 20.0. The molecule has 2 aromatic carbocycles. The molecule has 154 valence electrons. The third-order valence-electron chi connectivity index (χ3n) is 4.95. The Kier molecular flexibility index (Phi) is 5.46. The Balaban J connectivity index is 1.70. The van der Waals surface area contributed by atoms with E-state index < -0.39 is 0 Å². The number of halogens is 1. The SMILES string of the molecule is COc1cc2nc(Cl)nc(N[C@H](C)c3cccc(-c4cnn(C)c4)c3)c2cc1OC. The Morgan fingerprint density at radius 2 is 1.80 bits per heavy atom. The molecule has 0 saturated carbocycles. The van der Waals surface area contributed by atoms with Crippen LogP contribution in [0, 0.1) is 0 Å². The van der Waals surface area contributed by atoms with Crippen LogP contribution in [-0.4, -0.2) is 34.0 Å². The Bertz CT molecular complexity index is 1210. The van der Waals surface area contributed by atoms with Crippen LogP contribution in [0.5, 0.6) is 11.5 Å². The van der Waals surface area contributed by atoms with Gasteiger partial charge in [-0.05, 0) is 41.8 Å². The van der Waals surface area contributed by atoms with Crippen molar-refractivity contribution in [3.8, 4) is 22.6 Å². The fourth-order valence-electron chi connectivity index (χ4n) is 3.38. The second-order valence-electron chi connectivity index (χ2n) is 6.96. The summed E-state index contributed by atoms with van der Waals surface area (Å²) in [6.07, 6.45) is 3.85. The van der Waals surface area contributed by atoms with Gasteiger partial charge in [0.15, 0.2) is 11.5 Å². The highest BCUT2D eigenvalue weighted by molar-refractivity contribution is 6.28. The summed E-state index contributed by atoms with van der Waals surface area (Å²) >= 11 is 6.19. The molecule has 0 radical (unpaired) electrons. The molecule has 0 bridgehead atoms. The fraction of sp³-hybridized carbons (Fsp3) is 0.227. The number of methoxy groups -OCH3 is 2. The summed E-state index contributed by atoms with van der Waals surface area (Å²) in [5, 5.41) is 8.68. The number of aryl methyl sites for hydroxylation is 1. The molecule has 1 atom stereocenters. The smallest absolute Gasteiger partial charge is 0.224 e. The van der Waals surface area contributed by atoms with Crippen molar-refractivity contribution in [1.82, 2.24) is 19.7 Å². The predicted molar refractivity (Wildman–Crippen MR) is 118 cm³/mol. The van der Waals surface area contributed by atoms with Gasteiger partial charge < -0.3 is 14.8 Å². The van der Waals surface area contributed by atoms with E-state index in [4.69, 9.17) is 21.1 Å². The quantitative estimate of drug-likeness (QED) is 0.446. The molecule has 0 fully saturated rings. The van der Waals surface area contributed by atoms with Crippen LogP contribution in [0.15, 0.2) is 48.8 Å². The summed E-state index contributed by atoms with van der Waals surface area (Å²) in [4.78, 5) is 8.74. The second kappa shape index (κ2) is 8.20. The molecular weight excluding hydrogens is 402 g/mol. The minimum atomic E-state index is -0.0242. The van der Waals surface area contributed by atoms with Crippen LogP contribution in [-0.2, 0) is 7.05 Å². The first-order valence-electron chi connectivity index (χ1n) is 9.43. The number of fused-ring (bicyclic) bond motifs is 1. The van der Waals surface area contributed by atoms with Crippen LogP contribution in [0.2, 0.25) is 5.28 Å². The van der Waals surface area contributed by atoms with Gasteiger partial charge >= 0.3 is 0 Å². The Hall–Kier alpha value is -3.32. The minimum absolute atomic E-state index is 0.0242. The van der Waals surface area contributed by atoms with Gasteiger partial charge in [-0.3, -0.25) is 4.68 Å². The largest absolute Gasteiger partial charge is 0.493 e. The van der Waals surface area contributed by atoms with Gasteiger partial charge in [0.1, 0.15) is 5.82 Å². The number of anilines is 1. The molecule has 2 heterocycles. The van der Waals surface area contributed by atoms with Crippen LogP contribution in [0.25, 0.3) is 22.0 Å². The molecule has 0 amide bonds. The molecule has 30 heavy (non-hydrogen) atoms. The van der Waals surface area contributed by atoms with Crippen molar-refractivity contribution < 1.29 is 9.47 Å². The average molecular weight is 424 g/mol.